The van der Waals surface area contributed by atoms with Gasteiger partial charge in [0.2, 0.25) is 23.6 Å². The second-order valence-electron chi connectivity index (χ2n) is 16.5. The molecular formula is C40H74N6O19. The SMILES string of the molecule is C[C@@H]1O[C@@H](OCCNC(=O)CN(CC(=O)NCCO[C@@H]2O[C@@H](C)[C@@H](O)[C@@H](O)[C@@H]2O)[C@@H](CCCCNC(=O)CCCCCN)C(=O)NCCO[C@@H]2O[C@@H](C)[C@@H](O)[C@@H](O)[C@@H]2O)[C@@H](O)[C@H](O)[C@@H]1O. The molecular weight excluding hydrogens is 868 g/mol. The van der Waals surface area contributed by atoms with Crippen LogP contribution in [0.25, 0.3) is 0 Å². The molecule has 0 aromatic carbocycles. The molecule has 0 aliphatic carbocycles. The summed E-state index contributed by atoms with van der Waals surface area (Å²) in [5.41, 5.74) is 5.52. The fourth-order valence-electron chi connectivity index (χ4n) is 7.27. The Balaban J connectivity index is 1.69. The maximum Gasteiger partial charge on any atom is 0.237 e. The van der Waals surface area contributed by atoms with Crippen molar-refractivity contribution in [1.29, 1.82) is 0 Å². The highest BCUT2D eigenvalue weighted by molar-refractivity contribution is 5.86. The van der Waals surface area contributed by atoms with Crippen molar-refractivity contribution in [2.24, 2.45) is 5.73 Å². The Morgan fingerprint density at radius 3 is 1.32 bits per heavy atom. The number of aliphatic hydroxyl groups is 9. The lowest BCUT2D eigenvalue weighted by atomic mass is 10.0. The van der Waals surface area contributed by atoms with Gasteiger partial charge in [-0.2, -0.15) is 0 Å². The fourth-order valence-corrected chi connectivity index (χ4v) is 7.27. The lowest BCUT2D eigenvalue weighted by molar-refractivity contribution is -0.292. The Morgan fingerprint density at radius 2 is 0.908 bits per heavy atom. The number of carbonyl (C=O) groups excluding carboxylic acids is 4. The quantitative estimate of drug-likeness (QED) is 0.0324. The molecule has 65 heavy (non-hydrogen) atoms. The number of hydrogen-bond donors (Lipinski definition) is 14. The van der Waals surface area contributed by atoms with E-state index in [1.54, 1.807) is 0 Å². The monoisotopic (exact) mass is 943 g/mol. The molecule has 378 valence electrons. The van der Waals surface area contributed by atoms with E-state index in [9.17, 15) is 65.1 Å². The van der Waals surface area contributed by atoms with Crippen LogP contribution in [0.5, 0.6) is 0 Å². The van der Waals surface area contributed by atoms with Gasteiger partial charge >= 0.3 is 0 Å². The van der Waals surface area contributed by atoms with Crippen LogP contribution in [0, 0.1) is 0 Å². The van der Waals surface area contributed by atoms with Gasteiger partial charge in [-0.1, -0.05) is 6.42 Å². The Kier molecular flexibility index (Phi) is 25.4. The molecule has 4 amide bonds. The lowest BCUT2D eigenvalue weighted by Crippen LogP contribution is -2.58. The molecule has 0 spiro atoms. The van der Waals surface area contributed by atoms with Crippen LogP contribution in [0.1, 0.15) is 65.7 Å². The summed E-state index contributed by atoms with van der Waals surface area (Å²) in [6.07, 6.45) is -16.3. The third-order valence-corrected chi connectivity index (χ3v) is 11.3. The molecule has 25 nitrogen and oxygen atoms in total. The number of nitrogens with zero attached hydrogens (tertiary/aromatic N) is 1. The highest BCUT2D eigenvalue weighted by Crippen LogP contribution is 2.24. The zero-order chi connectivity index (χ0) is 48.2. The van der Waals surface area contributed by atoms with Gasteiger partial charge in [0, 0.05) is 32.6 Å². The first-order valence-corrected chi connectivity index (χ1v) is 22.3. The first kappa shape index (κ1) is 56.5. The summed E-state index contributed by atoms with van der Waals surface area (Å²) in [4.78, 5) is 54.4. The number of ether oxygens (including phenoxy) is 6. The van der Waals surface area contributed by atoms with Gasteiger partial charge < -0.3 is 101 Å². The molecule has 0 saturated carbocycles. The zero-order valence-electron chi connectivity index (χ0n) is 37.4. The molecule has 0 aromatic heterocycles. The van der Waals surface area contributed by atoms with Crippen molar-refractivity contribution < 1.29 is 93.6 Å². The molecule has 3 aliphatic heterocycles. The van der Waals surface area contributed by atoms with Crippen molar-refractivity contribution in [3.63, 3.8) is 0 Å². The van der Waals surface area contributed by atoms with Gasteiger partial charge in [0.15, 0.2) is 18.9 Å². The Bertz CT molecular complexity index is 1370. The second kappa shape index (κ2) is 29.2. The number of nitrogens with two attached hydrogens (primary N) is 1. The predicted octanol–water partition coefficient (Wildman–Crippen LogP) is -6.66. The molecule has 3 aliphatic rings. The van der Waals surface area contributed by atoms with Crippen LogP contribution in [0.3, 0.4) is 0 Å². The summed E-state index contributed by atoms with van der Waals surface area (Å²) in [5.74, 6) is -2.03. The largest absolute Gasteiger partial charge is 0.388 e. The molecule has 0 bridgehead atoms. The van der Waals surface area contributed by atoms with Crippen LogP contribution in [-0.2, 0) is 47.6 Å². The van der Waals surface area contributed by atoms with E-state index in [4.69, 9.17) is 34.2 Å². The Hall–Kier alpha value is -2.80. The predicted molar refractivity (Wildman–Crippen MR) is 224 cm³/mol. The van der Waals surface area contributed by atoms with Crippen molar-refractivity contribution in [2.75, 3.05) is 65.6 Å². The second-order valence-corrected chi connectivity index (χ2v) is 16.5. The molecule has 15 N–H and O–H groups in total. The minimum atomic E-state index is -1.58. The van der Waals surface area contributed by atoms with E-state index in [1.807, 2.05) is 0 Å². The molecule has 0 radical (unpaired) electrons. The summed E-state index contributed by atoms with van der Waals surface area (Å²) in [6, 6.07) is -1.13. The summed E-state index contributed by atoms with van der Waals surface area (Å²) in [5, 5.41) is 102. The van der Waals surface area contributed by atoms with E-state index < -0.39 is 129 Å². The number of nitrogens with one attached hydrogen (secondary N) is 4. The minimum absolute atomic E-state index is 0.102. The molecule has 0 aromatic rings. The van der Waals surface area contributed by atoms with E-state index in [1.165, 1.54) is 25.7 Å². The van der Waals surface area contributed by atoms with Gasteiger partial charge in [-0.05, 0) is 59.4 Å². The van der Waals surface area contributed by atoms with Crippen molar-refractivity contribution in [1.82, 2.24) is 26.2 Å². The number of carbonyl (C=O) groups is 4. The molecule has 3 fully saturated rings. The van der Waals surface area contributed by atoms with Crippen LogP contribution >= 0.6 is 0 Å². The van der Waals surface area contributed by atoms with E-state index in [-0.39, 0.29) is 51.8 Å². The maximum absolute atomic E-state index is 13.9. The topological polar surface area (TPSA) is 383 Å². The molecule has 3 saturated heterocycles. The van der Waals surface area contributed by atoms with Crippen molar-refractivity contribution >= 4 is 23.6 Å². The number of rotatable bonds is 28. The van der Waals surface area contributed by atoms with Gasteiger partial charge in [0.1, 0.15) is 54.9 Å². The summed E-state index contributed by atoms with van der Waals surface area (Å²) < 4.78 is 32.8. The molecule has 16 atom stereocenters. The molecule has 0 unspecified atom stereocenters. The van der Waals surface area contributed by atoms with E-state index in [2.05, 4.69) is 21.3 Å². The van der Waals surface area contributed by atoms with Gasteiger partial charge in [-0.15, -0.1) is 0 Å². The summed E-state index contributed by atoms with van der Waals surface area (Å²) in [6.45, 7) is 3.28. The summed E-state index contributed by atoms with van der Waals surface area (Å²) >= 11 is 0. The molecule has 3 heterocycles. The van der Waals surface area contributed by atoms with E-state index in [0.717, 1.165) is 12.8 Å². The van der Waals surface area contributed by atoms with Crippen LogP contribution < -0.4 is 27.0 Å². The number of unbranched alkanes of at least 4 members (excludes halogenated alkanes) is 3. The Labute approximate surface area is 378 Å². The average Bonchev–Trinajstić information content (AvgIpc) is 3.27. The highest BCUT2D eigenvalue weighted by atomic mass is 16.7. The fraction of sp³-hybridized carbons (Fsp3) is 0.900. The van der Waals surface area contributed by atoms with Crippen molar-refractivity contribution in [3.8, 4) is 0 Å². The highest BCUT2D eigenvalue weighted by Gasteiger charge is 2.44. The number of amides is 4. The summed E-state index contributed by atoms with van der Waals surface area (Å²) in [7, 11) is 0. The lowest BCUT2D eigenvalue weighted by Gasteiger charge is -2.39. The smallest absolute Gasteiger partial charge is 0.237 e. The average molecular weight is 943 g/mol. The third kappa shape index (κ3) is 18.3. The Morgan fingerprint density at radius 1 is 0.508 bits per heavy atom. The standard InChI is InChI=1S/C40H74N6O19/c1-21-28(50)31(53)34(56)38(63-21)60-16-13-43-26(48)19-46(20-27(49)44-14-17-61-39-35(57)32(54)29(51)22(2)64-39)24(9-6-8-12-42-25(47)10-5-4-7-11-41)37(59)45-15-18-62-40-36(58)33(55)30(52)23(3)65-40/h21-24,28-36,38-40,50-58H,4-20,41H2,1-3H3,(H,42,47)(H,43,48)(H,44,49)(H,45,59)/t21-,22-,23-,24-,28+,29+,30+,31+,32+,33+,34-,35-,36-,38+,39+,40+/m0/s1. The molecule has 3 rings (SSSR count). The third-order valence-electron chi connectivity index (χ3n) is 11.3. The van der Waals surface area contributed by atoms with Crippen molar-refractivity contribution in [2.45, 2.75) is 164 Å². The van der Waals surface area contributed by atoms with Gasteiger partial charge in [-0.3, -0.25) is 24.1 Å². The van der Waals surface area contributed by atoms with E-state index >= 15 is 0 Å². The van der Waals surface area contributed by atoms with Gasteiger partial charge in [-0.25, -0.2) is 0 Å². The van der Waals surface area contributed by atoms with Gasteiger partial charge in [0.25, 0.3) is 0 Å². The molecule has 25 heteroatoms. The van der Waals surface area contributed by atoms with Crippen molar-refractivity contribution in [3.05, 3.63) is 0 Å². The van der Waals surface area contributed by atoms with Crippen LogP contribution in [0.4, 0.5) is 0 Å². The van der Waals surface area contributed by atoms with Crippen LogP contribution in [0.2, 0.25) is 0 Å². The van der Waals surface area contributed by atoms with E-state index in [0.29, 0.717) is 38.8 Å². The number of hydrogen-bond acceptors (Lipinski definition) is 21. The minimum Gasteiger partial charge on any atom is -0.388 e. The first-order chi connectivity index (χ1) is 30.9. The van der Waals surface area contributed by atoms with Crippen LogP contribution in [0.15, 0.2) is 0 Å². The first-order valence-electron chi connectivity index (χ1n) is 22.3. The zero-order valence-corrected chi connectivity index (χ0v) is 37.4. The van der Waals surface area contributed by atoms with Gasteiger partial charge in [0.05, 0.1) is 57.3 Å². The number of aliphatic hydroxyl groups excluding tert-OH is 9. The van der Waals surface area contributed by atoms with Crippen LogP contribution in [-0.4, -0.2) is 238 Å². The maximum atomic E-state index is 13.9. The normalized spacial score (nSPS) is 33.3.